The van der Waals surface area contributed by atoms with Crippen LogP contribution in [0.2, 0.25) is 0 Å². The fourth-order valence-electron chi connectivity index (χ4n) is 3.04. The zero-order valence-corrected chi connectivity index (χ0v) is 13.8. The molecule has 1 saturated carbocycles. The fraction of sp³-hybridized carbons (Fsp3) is 0.444. The smallest absolute Gasteiger partial charge is 0.241 e. The second-order valence-electron chi connectivity index (χ2n) is 6.53. The number of anilines is 1. The number of likely N-dealkylation sites (N-methyl/N-ethyl adjacent to an activating group) is 1. The summed E-state index contributed by atoms with van der Waals surface area (Å²) in [4.78, 5) is 16.4. The molecule has 126 valence electrons. The normalized spacial score (nSPS) is 16.8. The minimum Gasteiger partial charge on any atom is -0.490 e. The van der Waals surface area contributed by atoms with Gasteiger partial charge in [-0.25, -0.2) is 0 Å². The summed E-state index contributed by atoms with van der Waals surface area (Å²) >= 11 is 0. The van der Waals surface area contributed by atoms with Gasteiger partial charge in [0.15, 0.2) is 0 Å². The lowest BCUT2D eigenvalue weighted by molar-refractivity contribution is -0.119. The molecule has 24 heavy (non-hydrogen) atoms. The van der Waals surface area contributed by atoms with Gasteiger partial charge in [0.05, 0.1) is 24.5 Å². The first-order chi connectivity index (χ1) is 11.7. The number of aromatic nitrogens is 1. The molecule has 1 aliphatic heterocycles. The van der Waals surface area contributed by atoms with Crippen LogP contribution in [0.15, 0.2) is 34.9 Å². The van der Waals surface area contributed by atoms with Gasteiger partial charge in [0.1, 0.15) is 18.1 Å². The summed E-state index contributed by atoms with van der Waals surface area (Å²) in [5.74, 6) is 2.37. The van der Waals surface area contributed by atoms with E-state index in [1.54, 1.807) is 4.90 Å². The number of fused-ring (bicyclic) bond motifs is 1. The maximum absolute atomic E-state index is 12.7. The van der Waals surface area contributed by atoms with Crippen LogP contribution >= 0.6 is 0 Å². The Morgan fingerprint density at radius 2 is 2.21 bits per heavy atom. The number of ether oxygens (including phenoxy) is 1. The molecule has 2 aromatic rings. The Morgan fingerprint density at radius 1 is 1.38 bits per heavy atom. The first-order valence-corrected chi connectivity index (χ1v) is 8.37. The van der Waals surface area contributed by atoms with Gasteiger partial charge in [-0.05, 0) is 32.0 Å². The largest absolute Gasteiger partial charge is 0.490 e. The average molecular weight is 327 g/mol. The lowest BCUT2D eigenvalue weighted by atomic mass is 10.2. The molecular formula is C18H21N3O3. The molecule has 0 bridgehead atoms. The van der Waals surface area contributed by atoms with Crippen molar-refractivity contribution in [3.05, 3.63) is 41.8 Å². The van der Waals surface area contributed by atoms with Crippen LogP contribution in [0.5, 0.6) is 5.75 Å². The van der Waals surface area contributed by atoms with Crippen LogP contribution in [-0.4, -0.2) is 42.7 Å². The lowest BCUT2D eigenvalue weighted by Gasteiger charge is -2.30. The number of carbonyl (C=O) groups is 1. The lowest BCUT2D eigenvalue weighted by Crippen LogP contribution is -2.43. The Kier molecular flexibility index (Phi) is 3.98. The highest BCUT2D eigenvalue weighted by Crippen LogP contribution is 2.40. The van der Waals surface area contributed by atoms with E-state index in [1.807, 2.05) is 42.3 Å². The average Bonchev–Trinajstić information content (AvgIpc) is 3.34. The monoisotopic (exact) mass is 327 g/mol. The minimum absolute atomic E-state index is 0.0687. The van der Waals surface area contributed by atoms with E-state index < -0.39 is 0 Å². The molecule has 1 aliphatic carbocycles. The van der Waals surface area contributed by atoms with Gasteiger partial charge in [-0.15, -0.1) is 0 Å². The van der Waals surface area contributed by atoms with E-state index in [2.05, 4.69) is 5.16 Å². The molecule has 4 rings (SSSR count). The molecule has 1 aromatic heterocycles. The molecule has 1 amide bonds. The van der Waals surface area contributed by atoms with E-state index in [0.717, 1.165) is 22.9 Å². The molecule has 6 heteroatoms. The highest BCUT2D eigenvalue weighted by atomic mass is 16.5. The zero-order chi connectivity index (χ0) is 16.5. The van der Waals surface area contributed by atoms with Crippen LogP contribution in [0.1, 0.15) is 30.2 Å². The van der Waals surface area contributed by atoms with Crippen molar-refractivity contribution in [2.45, 2.75) is 25.3 Å². The highest BCUT2D eigenvalue weighted by Gasteiger charge is 2.28. The number of para-hydroxylation sites is 2. The van der Waals surface area contributed by atoms with Crippen molar-refractivity contribution >= 4 is 11.6 Å². The summed E-state index contributed by atoms with van der Waals surface area (Å²) in [6.07, 6.45) is 2.39. The zero-order valence-electron chi connectivity index (χ0n) is 13.8. The first-order valence-electron chi connectivity index (χ1n) is 8.37. The van der Waals surface area contributed by atoms with Crippen LogP contribution < -0.4 is 9.64 Å². The molecule has 0 N–H and O–H groups in total. The molecule has 1 aromatic carbocycles. The maximum atomic E-state index is 12.7. The first kappa shape index (κ1) is 15.2. The van der Waals surface area contributed by atoms with Gasteiger partial charge in [-0.3, -0.25) is 9.69 Å². The van der Waals surface area contributed by atoms with Gasteiger partial charge in [0, 0.05) is 18.5 Å². The second kappa shape index (κ2) is 6.28. The topological polar surface area (TPSA) is 58.8 Å². The Morgan fingerprint density at radius 3 is 3.04 bits per heavy atom. The van der Waals surface area contributed by atoms with Crippen LogP contribution in [0.25, 0.3) is 0 Å². The number of hydrogen-bond acceptors (Lipinski definition) is 5. The quantitative estimate of drug-likeness (QED) is 0.844. The third kappa shape index (κ3) is 3.14. The van der Waals surface area contributed by atoms with E-state index in [-0.39, 0.29) is 5.91 Å². The van der Waals surface area contributed by atoms with Crippen molar-refractivity contribution < 1.29 is 14.1 Å². The van der Waals surface area contributed by atoms with Crippen LogP contribution in [0.4, 0.5) is 5.69 Å². The Labute approximate surface area is 141 Å². The van der Waals surface area contributed by atoms with E-state index in [9.17, 15) is 4.79 Å². The molecule has 2 heterocycles. The van der Waals surface area contributed by atoms with Crippen molar-refractivity contribution in [2.75, 3.05) is 31.6 Å². The summed E-state index contributed by atoms with van der Waals surface area (Å²) in [7, 11) is 1.93. The Bertz CT molecular complexity index is 739. The summed E-state index contributed by atoms with van der Waals surface area (Å²) in [5.41, 5.74) is 1.73. The van der Waals surface area contributed by atoms with Crippen molar-refractivity contribution in [3.8, 4) is 5.75 Å². The van der Waals surface area contributed by atoms with Crippen LogP contribution in [0.3, 0.4) is 0 Å². The molecule has 6 nitrogen and oxygen atoms in total. The Hall–Kier alpha value is -2.34. The molecule has 0 atom stereocenters. The molecule has 1 fully saturated rings. The van der Waals surface area contributed by atoms with Gasteiger partial charge in [0.25, 0.3) is 0 Å². The highest BCUT2D eigenvalue weighted by molar-refractivity contribution is 5.96. The van der Waals surface area contributed by atoms with Crippen molar-refractivity contribution in [3.63, 3.8) is 0 Å². The third-order valence-corrected chi connectivity index (χ3v) is 4.42. The minimum atomic E-state index is 0.0687. The van der Waals surface area contributed by atoms with E-state index in [0.29, 0.717) is 32.2 Å². The van der Waals surface area contributed by atoms with E-state index >= 15 is 0 Å². The standard InChI is InChI=1S/C18H21N3O3/c1-20(11-14-10-17(24-19-14)13-6-7-13)12-18(22)21-8-9-23-16-5-3-2-4-15(16)21/h2-5,10,13H,6-9,11-12H2,1H3. The maximum Gasteiger partial charge on any atom is 0.241 e. The molecule has 0 unspecified atom stereocenters. The van der Waals surface area contributed by atoms with E-state index in [1.165, 1.54) is 12.8 Å². The molecule has 2 aliphatic rings. The number of rotatable bonds is 5. The van der Waals surface area contributed by atoms with Gasteiger partial charge in [-0.2, -0.15) is 0 Å². The summed E-state index contributed by atoms with van der Waals surface area (Å²) in [5, 5.41) is 4.11. The number of hydrogen-bond donors (Lipinski definition) is 0. The van der Waals surface area contributed by atoms with Crippen molar-refractivity contribution in [2.24, 2.45) is 0 Å². The van der Waals surface area contributed by atoms with Crippen LogP contribution in [0, 0.1) is 0 Å². The number of amides is 1. The SMILES string of the molecule is CN(CC(=O)N1CCOc2ccccc21)Cc1cc(C2CC2)on1. The summed E-state index contributed by atoms with van der Waals surface area (Å²) < 4.78 is 11.0. The number of nitrogens with zero attached hydrogens (tertiary/aromatic N) is 3. The molecular weight excluding hydrogens is 306 g/mol. The summed E-state index contributed by atoms with van der Waals surface area (Å²) in [6, 6.07) is 9.68. The Balaban J connectivity index is 1.38. The van der Waals surface area contributed by atoms with E-state index in [4.69, 9.17) is 9.26 Å². The number of benzene rings is 1. The predicted molar refractivity (Wildman–Crippen MR) is 89.1 cm³/mol. The van der Waals surface area contributed by atoms with Gasteiger partial charge < -0.3 is 14.2 Å². The molecule has 0 spiro atoms. The predicted octanol–water partition coefficient (Wildman–Crippen LogP) is 2.41. The summed E-state index contributed by atoms with van der Waals surface area (Å²) in [6.45, 7) is 2.05. The van der Waals surface area contributed by atoms with Crippen molar-refractivity contribution in [1.82, 2.24) is 10.1 Å². The second-order valence-corrected chi connectivity index (χ2v) is 6.53. The molecule has 0 radical (unpaired) electrons. The van der Waals surface area contributed by atoms with Gasteiger partial charge in [0.2, 0.25) is 5.91 Å². The van der Waals surface area contributed by atoms with Gasteiger partial charge in [-0.1, -0.05) is 17.3 Å². The van der Waals surface area contributed by atoms with Crippen molar-refractivity contribution in [1.29, 1.82) is 0 Å². The number of carbonyl (C=O) groups excluding carboxylic acids is 1. The van der Waals surface area contributed by atoms with Crippen LogP contribution in [-0.2, 0) is 11.3 Å². The van der Waals surface area contributed by atoms with Gasteiger partial charge >= 0.3 is 0 Å². The third-order valence-electron chi connectivity index (χ3n) is 4.42. The molecule has 0 saturated heterocycles. The fourth-order valence-corrected chi connectivity index (χ4v) is 3.04.